The second kappa shape index (κ2) is 6.57. The number of nitrogens with zero attached hydrogens (tertiary/aromatic N) is 2. The minimum Gasteiger partial charge on any atom is -0.383 e. The van der Waals surface area contributed by atoms with Gasteiger partial charge in [0.2, 0.25) is 0 Å². The van der Waals surface area contributed by atoms with Crippen molar-refractivity contribution in [2.24, 2.45) is 0 Å². The van der Waals surface area contributed by atoms with Crippen molar-refractivity contribution in [3.05, 3.63) is 35.6 Å². The third kappa shape index (κ3) is 3.00. The molecular formula is C18H25FN2O2. The largest absolute Gasteiger partial charge is 0.383 e. The van der Waals surface area contributed by atoms with Crippen LogP contribution in [-0.2, 0) is 4.74 Å². The SMILES string of the molecule is COC[C@H]1CCC2(CCN(C(=O)c3ccccc3F)CC2)N1C. The monoisotopic (exact) mass is 320 g/mol. The molecule has 0 aromatic heterocycles. The van der Waals surface area contributed by atoms with Crippen LogP contribution in [0.2, 0.25) is 0 Å². The van der Waals surface area contributed by atoms with E-state index in [1.54, 1.807) is 30.2 Å². The lowest BCUT2D eigenvalue weighted by molar-refractivity contribution is 0.0271. The number of halogens is 1. The Morgan fingerprint density at radius 1 is 1.30 bits per heavy atom. The number of likely N-dealkylation sites (tertiary alicyclic amines) is 2. The van der Waals surface area contributed by atoms with Gasteiger partial charge in [-0.2, -0.15) is 0 Å². The lowest BCUT2D eigenvalue weighted by Gasteiger charge is -2.45. The molecule has 0 aliphatic carbocycles. The van der Waals surface area contributed by atoms with Gasteiger partial charge in [0.15, 0.2) is 0 Å². The van der Waals surface area contributed by atoms with Crippen molar-refractivity contribution in [1.82, 2.24) is 9.80 Å². The molecule has 23 heavy (non-hydrogen) atoms. The summed E-state index contributed by atoms with van der Waals surface area (Å²) in [6.45, 7) is 2.14. The number of hydrogen-bond donors (Lipinski definition) is 0. The number of carbonyl (C=O) groups excluding carboxylic acids is 1. The molecular weight excluding hydrogens is 295 g/mol. The summed E-state index contributed by atoms with van der Waals surface area (Å²) in [6, 6.07) is 6.70. The number of piperidine rings is 1. The number of ether oxygens (including phenoxy) is 1. The molecule has 0 N–H and O–H groups in total. The van der Waals surface area contributed by atoms with Crippen LogP contribution in [0.5, 0.6) is 0 Å². The van der Waals surface area contributed by atoms with Crippen LogP contribution in [0.15, 0.2) is 24.3 Å². The Hall–Kier alpha value is -1.46. The van der Waals surface area contributed by atoms with E-state index in [0.29, 0.717) is 19.1 Å². The second-order valence-corrected chi connectivity index (χ2v) is 6.76. The molecule has 4 nitrogen and oxygen atoms in total. The summed E-state index contributed by atoms with van der Waals surface area (Å²) < 4.78 is 19.1. The van der Waals surface area contributed by atoms with E-state index in [-0.39, 0.29) is 17.0 Å². The Bertz CT molecular complexity index is 570. The second-order valence-electron chi connectivity index (χ2n) is 6.76. The van der Waals surface area contributed by atoms with Gasteiger partial charge in [0.25, 0.3) is 5.91 Å². The first-order valence-electron chi connectivity index (χ1n) is 8.33. The fourth-order valence-electron chi connectivity index (χ4n) is 4.11. The fourth-order valence-corrected chi connectivity index (χ4v) is 4.11. The van der Waals surface area contributed by atoms with E-state index in [4.69, 9.17) is 4.74 Å². The van der Waals surface area contributed by atoms with Crippen molar-refractivity contribution >= 4 is 5.91 Å². The van der Waals surface area contributed by atoms with Gasteiger partial charge < -0.3 is 9.64 Å². The van der Waals surface area contributed by atoms with E-state index in [2.05, 4.69) is 11.9 Å². The van der Waals surface area contributed by atoms with Gasteiger partial charge in [-0.1, -0.05) is 12.1 Å². The van der Waals surface area contributed by atoms with Crippen LogP contribution >= 0.6 is 0 Å². The number of likely N-dealkylation sites (N-methyl/N-ethyl adjacent to an activating group) is 1. The lowest BCUT2D eigenvalue weighted by Crippen LogP contribution is -2.54. The minimum atomic E-state index is -0.434. The molecule has 0 radical (unpaired) electrons. The summed E-state index contributed by atoms with van der Waals surface area (Å²) in [7, 11) is 3.92. The van der Waals surface area contributed by atoms with Crippen molar-refractivity contribution in [3.8, 4) is 0 Å². The van der Waals surface area contributed by atoms with Crippen LogP contribution in [0.1, 0.15) is 36.0 Å². The molecule has 0 saturated carbocycles. The van der Waals surface area contributed by atoms with Crippen molar-refractivity contribution in [2.45, 2.75) is 37.3 Å². The number of benzene rings is 1. The Balaban J connectivity index is 1.65. The van der Waals surface area contributed by atoms with Gasteiger partial charge in [-0.25, -0.2) is 4.39 Å². The smallest absolute Gasteiger partial charge is 0.256 e. The Labute approximate surface area is 137 Å². The molecule has 1 atom stereocenters. The number of carbonyl (C=O) groups is 1. The first-order chi connectivity index (χ1) is 11.1. The Morgan fingerprint density at radius 3 is 2.65 bits per heavy atom. The maximum atomic E-state index is 13.8. The van der Waals surface area contributed by atoms with Crippen LogP contribution in [0.4, 0.5) is 4.39 Å². The van der Waals surface area contributed by atoms with E-state index in [0.717, 1.165) is 32.3 Å². The summed E-state index contributed by atoms with van der Waals surface area (Å²) in [6.07, 6.45) is 4.19. The van der Waals surface area contributed by atoms with Crippen molar-refractivity contribution in [3.63, 3.8) is 0 Å². The molecule has 126 valence electrons. The lowest BCUT2D eigenvalue weighted by atomic mass is 9.85. The number of amides is 1. The van der Waals surface area contributed by atoms with Crippen molar-refractivity contribution in [1.29, 1.82) is 0 Å². The van der Waals surface area contributed by atoms with Gasteiger partial charge in [0.05, 0.1) is 12.2 Å². The van der Waals surface area contributed by atoms with E-state index in [9.17, 15) is 9.18 Å². The summed E-state index contributed by atoms with van der Waals surface area (Å²) in [4.78, 5) is 16.8. The maximum absolute atomic E-state index is 13.8. The first kappa shape index (κ1) is 16.4. The fraction of sp³-hybridized carbons (Fsp3) is 0.611. The summed E-state index contributed by atoms with van der Waals surface area (Å²) in [5.74, 6) is -0.622. The zero-order valence-electron chi connectivity index (χ0n) is 13.9. The Morgan fingerprint density at radius 2 is 2.00 bits per heavy atom. The van der Waals surface area contributed by atoms with E-state index >= 15 is 0 Å². The number of rotatable bonds is 3. The van der Waals surface area contributed by atoms with E-state index < -0.39 is 5.82 Å². The predicted molar refractivity (Wildman–Crippen MR) is 86.9 cm³/mol. The van der Waals surface area contributed by atoms with E-state index in [1.165, 1.54) is 6.07 Å². The highest BCUT2D eigenvalue weighted by atomic mass is 19.1. The highest BCUT2D eigenvalue weighted by Gasteiger charge is 2.46. The number of methoxy groups -OCH3 is 1. The molecule has 2 heterocycles. The molecule has 2 aliphatic rings. The average Bonchev–Trinajstić information content (AvgIpc) is 2.86. The Kier molecular flexibility index (Phi) is 4.69. The molecule has 1 aromatic carbocycles. The molecule has 3 rings (SSSR count). The third-order valence-electron chi connectivity index (χ3n) is 5.68. The molecule has 1 spiro atoms. The summed E-state index contributed by atoms with van der Waals surface area (Å²) in [5.41, 5.74) is 0.357. The first-order valence-corrected chi connectivity index (χ1v) is 8.33. The van der Waals surface area contributed by atoms with Crippen LogP contribution in [-0.4, -0.2) is 61.1 Å². The van der Waals surface area contributed by atoms with Crippen LogP contribution in [0.25, 0.3) is 0 Å². The zero-order valence-corrected chi connectivity index (χ0v) is 13.9. The zero-order chi connectivity index (χ0) is 16.4. The van der Waals surface area contributed by atoms with Gasteiger partial charge in [0, 0.05) is 31.8 Å². The molecule has 1 amide bonds. The highest BCUT2D eigenvalue weighted by molar-refractivity contribution is 5.94. The summed E-state index contributed by atoms with van der Waals surface area (Å²) in [5, 5.41) is 0. The molecule has 0 bridgehead atoms. The van der Waals surface area contributed by atoms with Gasteiger partial charge >= 0.3 is 0 Å². The van der Waals surface area contributed by atoms with Gasteiger partial charge in [-0.15, -0.1) is 0 Å². The summed E-state index contributed by atoms with van der Waals surface area (Å²) >= 11 is 0. The predicted octanol–water partition coefficient (Wildman–Crippen LogP) is 2.54. The molecule has 1 aromatic rings. The van der Waals surface area contributed by atoms with Crippen LogP contribution in [0.3, 0.4) is 0 Å². The van der Waals surface area contributed by atoms with Crippen molar-refractivity contribution < 1.29 is 13.9 Å². The van der Waals surface area contributed by atoms with Crippen LogP contribution in [0, 0.1) is 5.82 Å². The minimum absolute atomic E-state index is 0.176. The standard InChI is InChI=1S/C18H25FN2O2/c1-20-14(13-23-2)7-8-18(20)9-11-21(12-10-18)17(22)15-5-3-4-6-16(15)19/h3-6,14H,7-13H2,1-2H3/t14-/m1/s1. The quantitative estimate of drug-likeness (QED) is 0.858. The normalized spacial score (nSPS) is 24.3. The highest BCUT2D eigenvalue weighted by Crippen LogP contribution is 2.40. The number of hydrogen-bond acceptors (Lipinski definition) is 3. The third-order valence-corrected chi connectivity index (χ3v) is 5.68. The molecule has 2 fully saturated rings. The molecule has 2 saturated heterocycles. The average molecular weight is 320 g/mol. The molecule has 5 heteroatoms. The molecule has 2 aliphatic heterocycles. The van der Waals surface area contributed by atoms with Crippen LogP contribution < -0.4 is 0 Å². The van der Waals surface area contributed by atoms with Crippen molar-refractivity contribution in [2.75, 3.05) is 33.9 Å². The van der Waals surface area contributed by atoms with Gasteiger partial charge in [0.1, 0.15) is 5.82 Å². The topological polar surface area (TPSA) is 32.8 Å². The molecule has 0 unspecified atom stereocenters. The maximum Gasteiger partial charge on any atom is 0.256 e. The van der Waals surface area contributed by atoms with Gasteiger partial charge in [-0.3, -0.25) is 9.69 Å². The van der Waals surface area contributed by atoms with E-state index in [1.807, 2.05) is 0 Å². The van der Waals surface area contributed by atoms with Gasteiger partial charge in [-0.05, 0) is 44.9 Å².